The summed E-state index contributed by atoms with van der Waals surface area (Å²) in [5.74, 6) is 7.57. The lowest BCUT2D eigenvalue weighted by atomic mass is 9.93. The van der Waals surface area contributed by atoms with E-state index in [2.05, 4.69) is 45.3 Å². The molecule has 0 radical (unpaired) electrons. The van der Waals surface area contributed by atoms with E-state index in [-0.39, 0.29) is 5.60 Å². The first-order valence-electron chi connectivity index (χ1n) is 8.10. The van der Waals surface area contributed by atoms with Gasteiger partial charge in [-0.25, -0.2) is 0 Å². The molecule has 2 heteroatoms. The Hall–Kier alpha value is -0.263. The van der Waals surface area contributed by atoms with Crippen LogP contribution in [-0.4, -0.2) is 13.9 Å². The van der Waals surface area contributed by atoms with Crippen molar-refractivity contribution in [2.75, 3.05) is 0 Å². The van der Waals surface area contributed by atoms with E-state index < -0.39 is 8.32 Å². The Morgan fingerprint density at radius 2 is 1.95 bits per heavy atom. The van der Waals surface area contributed by atoms with Crippen LogP contribution in [0.15, 0.2) is 0 Å². The van der Waals surface area contributed by atoms with E-state index in [1.54, 1.807) is 0 Å². The summed E-state index contributed by atoms with van der Waals surface area (Å²) >= 11 is 0. The number of hydrogen-bond donors (Lipinski definition) is 0. The molecule has 0 N–H and O–H groups in total. The molecule has 0 unspecified atom stereocenters. The Kier molecular flexibility index (Phi) is 6.63. The standard InChI is InChI=1S/C17H32OSi/c1-6-7-8-9-10-11-14-17(18-19(3,4)5)15-12-13-16(17)2/h16H,6-10,12-13,15H2,1-5H3/t16-,17-/m1/s1. The molecule has 1 aliphatic rings. The van der Waals surface area contributed by atoms with Crippen LogP contribution in [0.1, 0.15) is 65.2 Å². The van der Waals surface area contributed by atoms with Crippen molar-refractivity contribution in [2.45, 2.75) is 90.5 Å². The van der Waals surface area contributed by atoms with Crippen LogP contribution in [0.2, 0.25) is 19.6 Å². The molecular weight excluding hydrogens is 248 g/mol. The molecular formula is C17H32OSi. The van der Waals surface area contributed by atoms with E-state index in [0.29, 0.717) is 5.92 Å². The van der Waals surface area contributed by atoms with Crippen molar-refractivity contribution in [2.24, 2.45) is 5.92 Å². The van der Waals surface area contributed by atoms with Crippen molar-refractivity contribution in [1.29, 1.82) is 0 Å². The maximum atomic E-state index is 6.49. The molecule has 19 heavy (non-hydrogen) atoms. The van der Waals surface area contributed by atoms with Crippen molar-refractivity contribution in [1.82, 2.24) is 0 Å². The fourth-order valence-electron chi connectivity index (χ4n) is 2.91. The van der Waals surface area contributed by atoms with Gasteiger partial charge in [0, 0.05) is 6.42 Å². The molecule has 0 aromatic heterocycles. The van der Waals surface area contributed by atoms with Crippen LogP contribution in [-0.2, 0) is 4.43 Å². The predicted octanol–water partition coefficient (Wildman–Crippen LogP) is 5.37. The molecule has 0 spiro atoms. The quantitative estimate of drug-likeness (QED) is 0.361. The van der Waals surface area contributed by atoms with Gasteiger partial charge in [0.2, 0.25) is 0 Å². The van der Waals surface area contributed by atoms with Gasteiger partial charge in [0.1, 0.15) is 5.60 Å². The molecule has 110 valence electrons. The van der Waals surface area contributed by atoms with Gasteiger partial charge in [0.15, 0.2) is 8.32 Å². The minimum Gasteiger partial charge on any atom is -0.401 e. The van der Waals surface area contributed by atoms with Crippen LogP contribution >= 0.6 is 0 Å². The highest BCUT2D eigenvalue weighted by Gasteiger charge is 2.42. The molecule has 1 saturated carbocycles. The second-order valence-corrected chi connectivity index (χ2v) is 11.4. The minimum atomic E-state index is -1.52. The smallest absolute Gasteiger partial charge is 0.185 e. The molecule has 0 aromatic rings. The highest BCUT2D eigenvalue weighted by molar-refractivity contribution is 6.69. The van der Waals surface area contributed by atoms with Crippen molar-refractivity contribution in [3.8, 4) is 11.8 Å². The minimum absolute atomic E-state index is 0.116. The molecule has 2 atom stereocenters. The molecule has 0 heterocycles. The van der Waals surface area contributed by atoms with E-state index in [9.17, 15) is 0 Å². The second-order valence-electron chi connectivity index (χ2n) is 7.01. The molecule has 0 aromatic carbocycles. The third-order valence-electron chi connectivity index (χ3n) is 3.92. The van der Waals surface area contributed by atoms with Crippen molar-refractivity contribution in [3.05, 3.63) is 0 Å². The SMILES string of the molecule is CCCCCCC#C[C@@]1(O[Si](C)(C)C)CCC[C@H]1C. The highest BCUT2D eigenvalue weighted by Crippen LogP contribution is 2.40. The van der Waals surface area contributed by atoms with Gasteiger partial charge in [-0.2, -0.15) is 0 Å². The third-order valence-corrected chi connectivity index (χ3v) is 4.90. The van der Waals surface area contributed by atoms with Crippen LogP contribution in [0.5, 0.6) is 0 Å². The second kappa shape index (κ2) is 7.50. The molecule has 1 fully saturated rings. The Bertz CT molecular complexity index is 320. The molecule has 0 saturated heterocycles. The molecule has 0 bridgehead atoms. The number of hydrogen-bond acceptors (Lipinski definition) is 1. The lowest BCUT2D eigenvalue weighted by Crippen LogP contribution is -2.43. The Morgan fingerprint density at radius 1 is 1.21 bits per heavy atom. The Balaban J connectivity index is 2.58. The Morgan fingerprint density at radius 3 is 2.47 bits per heavy atom. The van der Waals surface area contributed by atoms with Crippen molar-refractivity contribution >= 4 is 8.32 Å². The third kappa shape index (κ3) is 5.71. The molecule has 1 nitrogen and oxygen atoms in total. The summed E-state index contributed by atoms with van der Waals surface area (Å²) in [6.07, 6.45) is 9.94. The van der Waals surface area contributed by atoms with Crippen LogP contribution in [0.4, 0.5) is 0 Å². The molecule has 1 aliphatic carbocycles. The zero-order chi connectivity index (χ0) is 14.4. The van der Waals surface area contributed by atoms with Crippen LogP contribution < -0.4 is 0 Å². The summed E-state index contributed by atoms with van der Waals surface area (Å²) in [7, 11) is -1.52. The van der Waals surface area contributed by atoms with Gasteiger partial charge in [-0.1, -0.05) is 39.0 Å². The van der Waals surface area contributed by atoms with Gasteiger partial charge >= 0.3 is 0 Å². The largest absolute Gasteiger partial charge is 0.401 e. The fourth-order valence-corrected chi connectivity index (χ4v) is 4.36. The van der Waals surface area contributed by atoms with Crippen molar-refractivity contribution < 1.29 is 4.43 Å². The zero-order valence-corrected chi connectivity index (χ0v) is 14.6. The zero-order valence-electron chi connectivity index (χ0n) is 13.6. The summed E-state index contributed by atoms with van der Waals surface area (Å²) in [4.78, 5) is 0. The molecule has 0 aliphatic heterocycles. The number of rotatable bonds is 6. The van der Waals surface area contributed by atoms with Gasteiger partial charge < -0.3 is 4.43 Å². The first kappa shape index (κ1) is 16.8. The highest BCUT2D eigenvalue weighted by atomic mass is 28.4. The normalized spacial score (nSPS) is 27.1. The summed E-state index contributed by atoms with van der Waals surface area (Å²) < 4.78 is 6.49. The molecule has 1 rings (SSSR count). The summed E-state index contributed by atoms with van der Waals surface area (Å²) in [6, 6.07) is 0. The van der Waals surface area contributed by atoms with Crippen LogP contribution in [0, 0.1) is 17.8 Å². The van der Waals surface area contributed by atoms with E-state index >= 15 is 0 Å². The monoisotopic (exact) mass is 280 g/mol. The average molecular weight is 281 g/mol. The lowest BCUT2D eigenvalue weighted by molar-refractivity contribution is 0.0882. The average Bonchev–Trinajstić information content (AvgIpc) is 2.63. The maximum absolute atomic E-state index is 6.49. The Labute approximate surface area is 121 Å². The summed E-state index contributed by atoms with van der Waals surface area (Å²) in [5, 5.41) is 0. The van der Waals surface area contributed by atoms with Gasteiger partial charge in [0.25, 0.3) is 0 Å². The summed E-state index contributed by atoms with van der Waals surface area (Å²) in [5.41, 5.74) is -0.116. The van der Waals surface area contributed by atoms with E-state index in [0.717, 1.165) is 12.8 Å². The summed E-state index contributed by atoms with van der Waals surface area (Å²) in [6.45, 7) is 11.4. The number of unbranched alkanes of at least 4 members (excludes halogenated alkanes) is 4. The maximum Gasteiger partial charge on any atom is 0.185 e. The van der Waals surface area contributed by atoms with Crippen LogP contribution in [0.25, 0.3) is 0 Å². The van der Waals surface area contributed by atoms with Gasteiger partial charge in [0.05, 0.1) is 0 Å². The lowest BCUT2D eigenvalue weighted by Gasteiger charge is -2.35. The predicted molar refractivity (Wildman–Crippen MR) is 86.7 cm³/mol. The van der Waals surface area contributed by atoms with Gasteiger partial charge in [-0.15, -0.1) is 5.92 Å². The van der Waals surface area contributed by atoms with Gasteiger partial charge in [-0.05, 0) is 51.2 Å². The van der Waals surface area contributed by atoms with E-state index in [4.69, 9.17) is 4.43 Å². The fraction of sp³-hybridized carbons (Fsp3) is 0.882. The first-order chi connectivity index (χ1) is 8.90. The first-order valence-corrected chi connectivity index (χ1v) is 11.5. The van der Waals surface area contributed by atoms with Crippen LogP contribution in [0.3, 0.4) is 0 Å². The molecule has 0 amide bonds. The van der Waals surface area contributed by atoms with Gasteiger partial charge in [-0.3, -0.25) is 0 Å². The van der Waals surface area contributed by atoms with E-state index in [1.165, 1.54) is 38.5 Å². The van der Waals surface area contributed by atoms with Crippen molar-refractivity contribution in [3.63, 3.8) is 0 Å². The van der Waals surface area contributed by atoms with E-state index in [1.807, 2.05) is 0 Å². The topological polar surface area (TPSA) is 9.23 Å².